The molecule has 0 atom stereocenters. The molecule has 0 saturated carbocycles. The van der Waals surface area contributed by atoms with Gasteiger partial charge < -0.3 is 20.5 Å². The number of rotatable bonds is 10. The van der Waals surface area contributed by atoms with Crippen LogP contribution in [0.1, 0.15) is 26.3 Å². The molecule has 0 aliphatic rings. The molecule has 194 valence electrons. The van der Waals surface area contributed by atoms with Gasteiger partial charge in [0.05, 0.1) is 17.1 Å². The average Bonchev–Trinajstić information content (AvgIpc) is 2.88. The fourth-order valence-corrected chi connectivity index (χ4v) is 4.06. The van der Waals surface area contributed by atoms with E-state index in [1.165, 1.54) is 36.4 Å². The van der Waals surface area contributed by atoms with E-state index in [-0.39, 0.29) is 41.0 Å². The zero-order valence-electron chi connectivity index (χ0n) is 19.3. The van der Waals surface area contributed by atoms with Crippen LogP contribution in [0.4, 0.5) is 4.79 Å². The lowest BCUT2D eigenvalue weighted by Gasteiger charge is -2.09. The molecule has 3 aromatic rings. The SMILES string of the molecule is O=C(NCCO)Oc1ccc(C(=O)NS(=O)(=O)c2ccc(C(=O)NCCc3ccc(Cl)cc3)cc2)cn1. The summed E-state index contributed by atoms with van der Waals surface area (Å²) in [6.07, 6.45) is 0.789. The molecular weight excluding hydrogens is 524 g/mol. The summed E-state index contributed by atoms with van der Waals surface area (Å²) in [6.45, 7) is 0.103. The first kappa shape index (κ1) is 27.6. The molecule has 0 spiro atoms. The van der Waals surface area contributed by atoms with Crippen molar-refractivity contribution in [2.45, 2.75) is 11.3 Å². The van der Waals surface area contributed by atoms with Gasteiger partial charge in [0, 0.05) is 35.9 Å². The second-order valence-electron chi connectivity index (χ2n) is 7.52. The standard InChI is InChI=1S/C24H23ClN4O7S/c25-19-6-1-16(2-7-19)11-12-26-22(31)17-3-8-20(9-4-17)37(34,35)29-23(32)18-5-10-21(28-15-18)36-24(33)27-13-14-30/h1-10,15,30H,11-14H2,(H,26,31)(H,27,33)(H,29,32). The van der Waals surface area contributed by atoms with E-state index in [2.05, 4.69) is 15.6 Å². The summed E-state index contributed by atoms with van der Waals surface area (Å²) in [4.78, 5) is 39.8. The lowest BCUT2D eigenvalue weighted by atomic mass is 10.1. The average molecular weight is 547 g/mol. The van der Waals surface area contributed by atoms with Gasteiger partial charge in [-0.05, 0) is 54.4 Å². The summed E-state index contributed by atoms with van der Waals surface area (Å²) in [6, 6.07) is 14.8. The second-order valence-corrected chi connectivity index (χ2v) is 9.64. The number of aromatic nitrogens is 1. The molecule has 2 aromatic carbocycles. The molecule has 0 fully saturated rings. The van der Waals surface area contributed by atoms with Crippen LogP contribution in [-0.4, -0.2) is 56.1 Å². The number of hydrogen-bond donors (Lipinski definition) is 4. The van der Waals surface area contributed by atoms with Gasteiger partial charge in [0.25, 0.3) is 21.8 Å². The van der Waals surface area contributed by atoms with E-state index in [1.807, 2.05) is 16.9 Å². The van der Waals surface area contributed by atoms with Crippen molar-refractivity contribution in [3.8, 4) is 5.88 Å². The highest BCUT2D eigenvalue weighted by Crippen LogP contribution is 2.13. The minimum absolute atomic E-state index is 0.00679. The molecule has 1 aromatic heterocycles. The normalized spacial score (nSPS) is 10.9. The van der Waals surface area contributed by atoms with E-state index in [4.69, 9.17) is 21.4 Å². The van der Waals surface area contributed by atoms with Crippen LogP contribution in [-0.2, 0) is 16.4 Å². The summed E-state index contributed by atoms with van der Waals surface area (Å²) in [7, 11) is -4.23. The Kier molecular flexibility index (Phi) is 9.55. The first-order valence-electron chi connectivity index (χ1n) is 10.9. The maximum atomic E-state index is 12.6. The minimum Gasteiger partial charge on any atom is -0.395 e. The zero-order valence-corrected chi connectivity index (χ0v) is 20.9. The molecule has 0 radical (unpaired) electrons. The number of amides is 3. The number of benzene rings is 2. The number of aliphatic hydroxyl groups excluding tert-OH is 1. The van der Waals surface area contributed by atoms with Crippen LogP contribution in [0.2, 0.25) is 5.02 Å². The molecule has 0 saturated heterocycles. The second kappa shape index (κ2) is 12.8. The van der Waals surface area contributed by atoms with Gasteiger partial charge >= 0.3 is 6.09 Å². The van der Waals surface area contributed by atoms with Gasteiger partial charge in [0.15, 0.2) is 0 Å². The Morgan fingerprint density at radius 2 is 1.54 bits per heavy atom. The summed E-state index contributed by atoms with van der Waals surface area (Å²) < 4.78 is 32.0. The minimum atomic E-state index is -4.23. The smallest absolute Gasteiger partial charge is 0.395 e. The van der Waals surface area contributed by atoms with Gasteiger partial charge in [-0.3, -0.25) is 9.59 Å². The van der Waals surface area contributed by atoms with Crippen molar-refractivity contribution in [1.29, 1.82) is 0 Å². The maximum absolute atomic E-state index is 12.6. The number of carbonyl (C=O) groups is 3. The predicted molar refractivity (Wildman–Crippen MR) is 134 cm³/mol. The van der Waals surface area contributed by atoms with E-state index >= 15 is 0 Å². The van der Waals surface area contributed by atoms with Gasteiger partial charge in [-0.2, -0.15) is 0 Å². The first-order chi connectivity index (χ1) is 17.7. The fourth-order valence-electron chi connectivity index (χ4n) is 2.96. The van der Waals surface area contributed by atoms with Gasteiger partial charge in [0.2, 0.25) is 5.88 Å². The number of halogens is 1. The monoisotopic (exact) mass is 546 g/mol. The van der Waals surface area contributed by atoms with E-state index in [9.17, 15) is 22.8 Å². The molecule has 0 aliphatic heterocycles. The topological polar surface area (TPSA) is 164 Å². The summed E-state index contributed by atoms with van der Waals surface area (Å²) in [5.74, 6) is -1.45. The largest absolute Gasteiger partial charge is 0.414 e. The lowest BCUT2D eigenvalue weighted by Crippen LogP contribution is -2.31. The lowest BCUT2D eigenvalue weighted by molar-refractivity contribution is 0.0951. The number of aliphatic hydroxyl groups is 1. The first-order valence-corrected chi connectivity index (χ1v) is 12.8. The zero-order chi connectivity index (χ0) is 26.8. The summed E-state index contributed by atoms with van der Waals surface area (Å²) in [5, 5.41) is 14.3. The molecule has 0 unspecified atom stereocenters. The Morgan fingerprint density at radius 1 is 0.865 bits per heavy atom. The molecule has 0 aliphatic carbocycles. The van der Waals surface area contributed by atoms with Crippen molar-refractivity contribution in [1.82, 2.24) is 20.3 Å². The third-order valence-electron chi connectivity index (χ3n) is 4.84. The third kappa shape index (κ3) is 8.27. The van der Waals surface area contributed by atoms with Crippen molar-refractivity contribution in [3.05, 3.63) is 88.6 Å². The predicted octanol–water partition coefficient (Wildman–Crippen LogP) is 1.91. The third-order valence-corrected chi connectivity index (χ3v) is 6.44. The van der Waals surface area contributed by atoms with Crippen molar-refractivity contribution in [2.75, 3.05) is 19.7 Å². The van der Waals surface area contributed by atoms with E-state index in [0.717, 1.165) is 11.8 Å². The van der Waals surface area contributed by atoms with Crippen LogP contribution >= 0.6 is 11.6 Å². The maximum Gasteiger partial charge on any atom is 0.414 e. The Hall–Kier alpha value is -4.00. The Balaban J connectivity index is 1.54. The van der Waals surface area contributed by atoms with E-state index in [0.29, 0.717) is 18.0 Å². The highest BCUT2D eigenvalue weighted by atomic mass is 35.5. The molecule has 37 heavy (non-hydrogen) atoms. The van der Waals surface area contributed by atoms with Crippen molar-refractivity contribution >= 4 is 39.5 Å². The van der Waals surface area contributed by atoms with E-state index < -0.39 is 22.0 Å². The molecule has 4 N–H and O–H groups in total. The van der Waals surface area contributed by atoms with Crippen LogP contribution in [0.5, 0.6) is 5.88 Å². The molecule has 3 amide bonds. The van der Waals surface area contributed by atoms with Crippen molar-refractivity contribution in [2.24, 2.45) is 0 Å². The number of nitrogens with zero attached hydrogens (tertiary/aromatic N) is 1. The van der Waals surface area contributed by atoms with Gasteiger partial charge in [-0.25, -0.2) is 22.9 Å². The molecule has 11 nitrogen and oxygen atoms in total. The van der Waals surface area contributed by atoms with Crippen LogP contribution < -0.4 is 20.1 Å². The van der Waals surface area contributed by atoms with Crippen LogP contribution in [0, 0.1) is 0 Å². The molecule has 0 bridgehead atoms. The van der Waals surface area contributed by atoms with Crippen molar-refractivity contribution < 1.29 is 32.6 Å². The summed E-state index contributed by atoms with van der Waals surface area (Å²) in [5.41, 5.74) is 1.16. The highest BCUT2D eigenvalue weighted by molar-refractivity contribution is 7.90. The van der Waals surface area contributed by atoms with Crippen molar-refractivity contribution in [3.63, 3.8) is 0 Å². The van der Waals surface area contributed by atoms with Crippen LogP contribution in [0.3, 0.4) is 0 Å². The fraction of sp³-hybridized carbons (Fsp3) is 0.167. The van der Waals surface area contributed by atoms with Gasteiger partial charge in [0.1, 0.15) is 0 Å². The quantitative estimate of drug-likeness (QED) is 0.299. The number of ether oxygens (including phenoxy) is 1. The number of nitrogens with one attached hydrogen (secondary N) is 3. The number of pyridine rings is 1. The number of carbonyl (C=O) groups excluding carboxylic acids is 3. The van der Waals surface area contributed by atoms with Crippen LogP contribution in [0.25, 0.3) is 0 Å². The number of hydrogen-bond acceptors (Lipinski definition) is 8. The van der Waals surface area contributed by atoms with Crippen LogP contribution in [0.15, 0.2) is 71.8 Å². The molecular formula is C24H23ClN4O7S. The molecule has 3 rings (SSSR count). The Labute approximate surface area is 217 Å². The Morgan fingerprint density at radius 3 is 2.16 bits per heavy atom. The van der Waals surface area contributed by atoms with Gasteiger partial charge in [-0.1, -0.05) is 23.7 Å². The summed E-state index contributed by atoms with van der Waals surface area (Å²) >= 11 is 5.85. The number of sulfonamides is 1. The van der Waals surface area contributed by atoms with E-state index in [1.54, 1.807) is 12.1 Å². The highest BCUT2D eigenvalue weighted by Gasteiger charge is 2.20. The van der Waals surface area contributed by atoms with Gasteiger partial charge in [-0.15, -0.1) is 0 Å². The molecule has 1 heterocycles. The Bertz CT molecular complexity index is 1350. The molecule has 13 heteroatoms.